The first kappa shape index (κ1) is 12.3. The second-order valence-corrected chi connectivity index (χ2v) is 4.21. The molecule has 0 radical (unpaired) electrons. The molecule has 4 nitrogen and oxygen atoms in total. The second-order valence-electron chi connectivity index (χ2n) is 4.21. The van der Waals surface area contributed by atoms with Crippen LogP contribution in [0.3, 0.4) is 0 Å². The van der Waals surface area contributed by atoms with Gasteiger partial charge in [0.15, 0.2) is 5.69 Å². The predicted octanol–water partition coefficient (Wildman–Crippen LogP) is 3.04. The van der Waals surface area contributed by atoms with Crippen molar-refractivity contribution in [2.24, 2.45) is 0 Å². The van der Waals surface area contributed by atoms with Gasteiger partial charge in [-0.15, -0.1) is 0 Å². The Kier molecular flexibility index (Phi) is 3.73. The van der Waals surface area contributed by atoms with Gasteiger partial charge in [-0.25, -0.2) is 4.68 Å². The third kappa shape index (κ3) is 2.40. The van der Waals surface area contributed by atoms with Gasteiger partial charge in [-0.2, -0.15) is 10.4 Å². The smallest absolute Gasteiger partial charge is 0.162 e. The fraction of sp³-hybridized carbons (Fsp3) is 0.357. The van der Waals surface area contributed by atoms with E-state index in [4.69, 9.17) is 5.26 Å². The average Bonchev–Trinajstić information content (AvgIpc) is 2.90. The normalized spacial score (nSPS) is 10.6. The van der Waals surface area contributed by atoms with Crippen LogP contribution in [0.2, 0.25) is 0 Å². The van der Waals surface area contributed by atoms with Gasteiger partial charge in [0.05, 0.1) is 11.9 Å². The van der Waals surface area contributed by atoms with Gasteiger partial charge in [-0.1, -0.05) is 13.8 Å². The van der Waals surface area contributed by atoms with Gasteiger partial charge in [0, 0.05) is 17.8 Å². The molecule has 2 aromatic rings. The number of nitriles is 1. The number of hydrogen-bond acceptors (Lipinski definition) is 3. The van der Waals surface area contributed by atoms with Gasteiger partial charge in [-0.05, 0) is 31.0 Å². The van der Waals surface area contributed by atoms with Crippen LogP contribution >= 0.6 is 0 Å². The first-order chi connectivity index (χ1) is 8.78. The molecule has 0 amide bonds. The molecule has 0 aliphatic heterocycles. The number of aromatic nitrogens is 3. The Bertz CT molecular complexity index is 544. The summed E-state index contributed by atoms with van der Waals surface area (Å²) in [7, 11) is 0. The van der Waals surface area contributed by atoms with Crippen LogP contribution < -0.4 is 0 Å². The van der Waals surface area contributed by atoms with E-state index in [-0.39, 0.29) is 0 Å². The van der Waals surface area contributed by atoms with Gasteiger partial charge >= 0.3 is 0 Å². The molecule has 18 heavy (non-hydrogen) atoms. The molecular weight excluding hydrogens is 224 g/mol. The lowest BCUT2D eigenvalue weighted by molar-refractivity contribution is 0.622. The molecular formula is C14H16N4. The summed E-state index contributed by atoms with van der Waals surface area (Å²) in [4.78, 5) is 4.49. The van der Waals surface area contributed by atoms with Crippen molar-refractivity contribution in [1.29, 1.82) is 5.26 Å². The van der Waals surface area contributed by atoms with Crippen molar-refractivity contribution >= 4 is 0 Å². The summed E-state index contributed by atoms with van der Waals surface area (Å²) < 4.78 is 1.67. The zero-order valence-electron chi connectivity index (χ0n) is 10.7. The van der Waals surface area contributed by atoms with Crippen LogP contribution in [-0.4, -0.2) is 14.8 Å². The van der Waals surface area contributed by atoms with E-state index < -0.39 is 0 Å². The summed E-state index contributed by atoms with van der Waals surface area (Å²) >= 11 is 0. The Morgan fingerprint density at radius 3 is 2.56 bits per heavy atom. The van der Waals surface area contributed by atoms with Crippen LogP contribution in [0.4, 0.5) is 0 Å². The van der Waals surface area contributed by atoms with Crippen molar-refractivity contribution in [2.75, 3.05) is 0 Å². The fourth-order valence-corrected chi connectivity index (χ4v) is 2.01. The molecule has 0 saturated carbocycles. The average molecular weight is 240 g/mol. The highest BCUT2D eigenvalue weighted by molar-refractivity contribution is 5.31. The topological polar surface area (TPSA) is 54.5 Å². The highest BCUT2D eigenvalue weighted by atomic mass is 15.3. The molecule has 0 saturated heterocycles. The molecule has 0 aromatic carbocycles. The van der Waals surface area contributed by atoms with E-state index in [0.29, 0.717) is 11.6 Å². The molecule has 0 aliphatic rings. The summed E-state index contributed by atoms with van der Waals surface area (Å²) in [5, 5.41) is 12.9. The highest BCUT2D eigenvalue weighted by Gasteiger charge is 2.08. The number of rotatable bonds is 4. The summed E-state index contributed by atoms with van der Waals surface area (Å²) in [6.07, 6.45) is 5.78. The Morgan fingerprint density at radius 1 is 1.28 bits per heavy atom. The van der Waals surface area contributed by atoms with Gasteiger partial charge in [0.1, 0.15) is 6.07 Å². The third-order valence-electron chi connectivity index (χ3n) is 3.14. The van der Waals surface area contributed by atoms with Crippen LogP contribution in [0.15, 0.2) is 30.6 Å². The Morgan fingerprint density at radius 2 is 2.06 bits per heavy atom. The first-order valence-electron chi connectivity index (χ1n) is 6.20. The zero-order chi connectivity index (χ0) is 13.0. The monoisotopic (exact) mass is 240 g/mol. The molecule has 0 atom stereocenters. The Labute approximate surface area is 107 Å². The molecule has 2 rings (SSSR count). The third-order valence-corrected chi connectivity index (χ3v) is 3.14. The van der Waals surface area contributed by atoms with Gasteiger partial charge in [0.25, 0.3) is 0 Å². The quantitative estimate of drug-likeness (QED) is 0.825. The van der Waals surface area contributed by atoms with Crippen molar-refractivity contribution in [1.82, 2.24) is 14.8 Å². The van der Waals surface area contributed by atoms with Gasteiger partial charge in [-0.3, -0.25) is 4.98 Å². The van der Waals surface area contributed by atoms with E-state index in [1.54, 1.807) is 16.9 Å². The van der Waals surface area contributed by atoms with Crippen LogP contribution in [0.25, 0.3) is 5.69 Å². The number of pyridine rings is 1. The fourth-order valence-electron chi connectivity index (χ4n) is 2.01. The lowest BCUT2D eigenvalue weighted by Gasteiger charge is -2.11. The van der Waals surface area contributed by atoms with Gasteiger partial charge < -0.3 is 0 Å². The molecule has 0 bridgehead atoms. The van der Waals surface area contributed by atoms with E-state index in [1.807, 2.05) is 24.4 Å². The predicted molar refractivity (Wildman–Crippen MR) is 69.4 cm³/mol. The largest absolute Gasteiger partial charge is 0.259 e. The van der Waals surface area contributed by atoms with Crippen LogP contribution in [-0.2, 0) is 0 Å². The molecule has 0 unspecified atom stereocenters. The van der Waals surface area contributed by atoms with Crippen molar-refractivity contribution in [2.45, 2.75) is 32.6 Å². The minimum absolute atomic E-state index is 0.416. The Balaban J connectivity index is 2.24. The van der Waals surface area contributed by atoms with Crippen molar-refractivity contribution < 1.29 is 0 Å². The lowest BCUT2D eigenvalue weighted by Crippen LogP contribution is -2.01. The molecule has 0 N–H and O–H groups in total. The van der Waals surface area contributed by atoms with Crippen molar-refractivity contribution in [3.8, 4) is 11.8 Å². The minimum Gasteiger partial charge on any atom is -0.259 e. The van der Waals surface area contributed by atoms with Gasteiger partial charge in [0.2, 0.25) is 0 Å². The van der Waals surface area contributed by atoms with Crippen molar-refractivity contribution in [3.63, 3.8) is 0 Å². The maximum atomic E-state index is 8.74. The molecule has 4 heteroatoms. The van der Waals surface area contributed by atoms with E-state index in [0.717, 1.165) is 24.2 Å². The van der Waals surface area contributed by atoms with Crippen molar-refractivity contribution in [3.05, 3.63) is 42.0 Å². The van der Waals surface area contributed by atoms with Crippen LogP contribution in [0.1, 0.15) is 44.0 Å². The SMILES string of the molecule is CCC(CC)c1ccc(-n2ccc(C#N)n2)cn1. The second kappa shape index (κ2) is 5.46. The molecule has 2 aromatic heterocycles. The van der Waals surface area contributed by atoms with Crippen LogP contribution in [0.5, 0.6) is 0 Å². The summed E-state index contributed by atoms with van der Waals surface area (Å²) in [6, 6.07) is 7.74. The molecule has 0 spiro atoms. The number of hydrogen-bond donors (Lipinski definition) is 0. The van der Waals surface area contributed by atoms with Crippen LogP contribution in [0, 0.1) is 11.3 Å². The molecule has 92 valence electrons. The molecule has 0 aliphatic carbocycles. The maximum absolute atomic E-state index is 8.74. The summed E-state index contributed by atoms with van der Waals surface area (Å²) in [5.74, 6) is 0.520. The summed E-state index contributed by atoms with van der Waals surface area (Å²) in [5.41, 5.74) is 2.42. The Hall–Kier alpha value is -2.15. The molecule has 2 heterocycles. The van der Waals surface area contributed by atoms with E-state index >= 15 is 0 Å². The number of nitrogens with zero attached hydrogens (tertiary/aromatic N) is 4. The highest BCUT2D eigenvalue weighted by Crippen LogP contribution is 2.21. The zero-order valence-corrected chi connectivity index (χ0v) is 10.7. The minimum atomic E-state index is 0.416. The molecule has 0 fully saturated rings. The first-order valence-corrected chi connectivity index (χ1v) is 6.20. The lowest BCUT2D eigenvalue weighted by atomic mass is 9.99. The maximum Gasteiger partial charge on any atom is 0.162 e. The van der Waals surface area contributed by atoms with E-state index in [9.17, 15) is 0 Å². The van der Waals surface area contributed by atoms with E-state index in [2.05, 4.69) is 23.9 Å². The summed E-state index contributed by atoms with van der Waals surface area (Å²) in [6.45, 7) is 4.35. The van der Waals surface area contributed by atoms with E-state index in [1.165, 1.54) is 0 Å². The standard InChI is InChI=1S/C14H16N4/c1-3-11(4-2)14-6-5-13(10-16-14)18-8-7-12(9-15)17-18/h5-8,10-11H,3-4H2,1-2H3.